The molecule has 1 saturated heterocycles. The van der Waals surface area contributed by atoms with Crippen LogP contribution in [0.3, 0.4) is 0 Å². The third-order valence-electron chi connectivity index (χ3n) is 2.27. The van der Waals surface area contributed by atoms with Crippen molar-refractivity contribution in [1.29, 1.82) is 0 Å². The number of nitrogens with zero attached hydrogens (tertiary/aromatic N) is 1. The Morgan fingerprint density at radius 2 is 2.07 bits per heavy atom. The Kier molecular flexibility index (Phi) is 2.20. The van der Waals surface area contributed by atoms with Crippen LogP contribution in [0, 0.1) is 6.92 Å². The lowest BCUT2D eigenvalue weighted by Crippen LogP contribution is -2.29. The molecule has 0 amide bonds. The van der Waals surface area contributed by atoms with Crippen molar-refractivity contribution in [2.75, 3.05) is 17.4 Å². The second-order valence-corrected chi connectivity index (χ2v) is 4.94. The summed E-state index contributed by atoms with van der Waals surface area (Å²) in [4.78, 5) is 0. The third-order valence-corrected chi connectivity index (χ3v) is 3.80. The molecule has 0 unspecified atom stereocenters. The summed E-state index contributed by atoms with van der Waals surface area (Å²) in [5.41, 5.74) is 1.73. The maximum absolute atomic E-state index is 11.5. The number of benzene rings is 1. The quantitative estimate of drug-likeness (QED) is 0.743. The van der Waals surface area contributed by atoms with Gasteiger partial charge in [0.1, 0.15) is 0 Å². The van der Waals surface area contributed by atoms with E-state index in [0.29, 0.717) is 13.1 Å². The van der Waals surface area contributed by atoms with Crippen LogP contribution < -0.4 is 9.03 Å². The van der Waals surface area contributed by atoms with E-state index >= 15 is 0 Å². The maximum Gasteiger partial charge on any atom is 0.301 e. The van der Waals surface area contributed by atoms with Crippen molar-refractivity contribution in [1.82, 2.24) is 4.72 Å². The zero-order valence-electron chi connectivity index (χ0n) is 7.90. The van der Waals surface area contributed by atoms with Crippen LogP contribution in [0.25, 0.3) is 0 Å². The van der Waals surface area contributed by atoms with Gasteiger partial charge >= 0.3 is 10.2 Å². The molecule has 1 aliphatic heterocycles. The lowest BCUT2D eigenvalue weighted by molar-refractivity contribution is 0.591. The number of aryl methyl sites for hydroxylation is 1. The van der Waals surface area contributed by atoms with Gasteiger partial charge in [0.15, 0.2) is 0 Å². The summed E-state index contributed by atoms with van der Waals surface area (Å²) in [5.74, 6) is 0. The van der Waals surface area contributed by atoms with Crippen LogP contribution in [-0.4, -0.2) is 21.5 Å². The fourth-order valence-corrected chi connectivity index (χ4v) is 2.87. The minimum Gasteiger partial charge on any atom is -0.256 e. The van der Waals surface area contributed by atoms with Crippen LogP contribution in [0.1, 0.15) is 5.56 Å². The topological polar surface area (TPSA) is 49.4 Å². The van der Waals surface area contributed by atoms with Gasteiger partial charge in [-0.3, -0.25) is 4.31 Å². The molecular weight excluding hydrogens is 200 g/mol. The van der Waals surface area contributed by atoms with E-state index in [1.165, 1.54) is 4.31 Å². The smallest absolute Gasteiger partial charge is 0.256 e. The van der Waals surface area contributed by atoms with Crippen molar-refractivity contribution in [2.24, 2.45) is 0 Å². The standard InChI is InChI=1S/C9H12N2O2S/c1-8-4-2-3-5-9(8)11-7-6-10-14(11,12)13/h2-5,10H,6-7H2,1H3. The third kappa shape index (κ3) is 1.49. The lowest BCUT2D eigenvalue weighted by Gasteiger charge is -2.17. The molecule has 1 aliphatic rings. The fraction of sp³-hybridized carbons (Fsp3) is 0.333. The summed E-state index contributed by atoms with van der Waals surface area (Å²) in [6.45, 7) is 2.90. The Bertz CT molecular complexity index is 442. The van der Waals surface area contributed by atoms with E-state index in [4.69, 9.17) is 0 Å². The van der Waals surface area contributed by atoms with E-state index in [-0.39, 0.29) is 0 Å². The molecule has 1 aromatic rings. The first-order valence-corrected chi connectivity index (χ1v) is 5.88. The lowest BCUT2D eigenvalue weighted by atomic mass is 10.2. The van der Waals surface area contributed by atoms with E-state index in [2.05, 4.69) is 4.72 Å². The summed E-state index contributed by atoms with van der Waals surface area (Å²) in [6, 6.07) is 7.47. The Balaban J connectivity index is 2.46. The first-order valence-electron chi connectivity index (χ1n) is 4.44. The molecule has 1 aromatic carbocycles. The SMILES string of the molecule is Cc1ccccc1N1CCNS1(=O)=O. The van der Waals surface area contributed by atoms with Crippen LogP contribution in [0.15, 0.2) is 24.3 Å². The molecule has 76 valence electrons. The predicted molar refractivity (Wildman–Crippen MR) is 55.4 cm³/mol. The van der Waals surface area contributed by atoms with Crippen molar-refractivity contribution in [3.63, 3.8) is 0 Å². The van der Waals surface area contributed by atoms with E-state index < -0.39 is 10.2 Å². The van der Waals surface area contributed by atoms with E-state index in [1.807, 2.05) is 31.2 Å². The number of rotatable bonds is 1. The Morgan fingerprint density at radius 1 is 1.36 bits per heavy atom. The minimum absolute atomic E-state index is 0.483. The Morgan fingerprint density at radius 3 is 2.64 bits per heavy atom. The molecule has 0 bridgehead atoms. The summed E-state index contributed by atoms with van der Waals surface area (Å²) in [6.07, 6.45) is 0. The van der Waals surface area contributed by atoms with Crippen molar-refractivity contribution >= 4 is 15.9 Å². The van der Waals surface area contributed by atoms with Gasteiger partial charge < -0.3 is 0 Å². The molecule has 1 N–H and O–H groups in total. The summed E-state index contributed by atoms with van der Waals surface area (Å²) in [5, 5.41) is 0. The van der Waals surface area contributed by atoms with Gasteiger partial charge in [0.05, 0.1) is 5.69 Å². The molecule has 0 aliphatic carbocycles. The van der Waals surface area contributed by atoms with Crippen LogP contribution in [0.2, 0.25) is 0 Å². The zero-order valence-corrected chi connectivity index (χ0v) is 8.71. The van der Waals surface area contributed by atoms with E-state index in [1.54, 1.807) is 0 Å². The summed E-state index contributed by atoms with van der Waals surface area (Å²) < 4.78 is 26.9. The molecule has 0 aromatic heterocycles. The number of hydrogen-bond acceptors (Lipinski definition) is 2. The highest BCUT2D eigenvalue weighted by Crippen LogP contribution is 2.23. The van der Waals surface area contributed by atoms with Gasteiger partial charge in [-0.05, 0) is 18.6 Å². The van der Waals surface area contributed by atoms with Crippen LogP contribution in [0.4, 0.5) is 5.69 Å². The molecule has 0 spiro atoms. The van der Waals surface area contributed by atoms with Crippen LogP contribution in [0.5, 0.6) is 0 Å². The normalized spacial score (nSPS) is 19.9. The van der Waals surface area contributed by atoms with E-state index in [0.717, 1.165) is 11.3 Å². The number of anilines is 1. The van der Waals surface area contributed by atoms with Crippen molar-refractivity contribution < 1.29 is 8.42 Å². The Labute approximate surface area is 83.7 Å². The number of nitrogens with one attached hydrogen (secondary N) is 1. The van der Waals surface area contributed by atoms with E-state index in [9.17, 15) is 8.42 Å². The van der Waals surface area contributed by atoms with Crippen LogP contribution in [-0.2, 0) is 10.2 Å². The molecule has 1 heterocycles. The van der Waals surface area contributed by atoms with Gasteiger partial charge in [0.25, 0.3) is 0 Å². The second-order valence-electron chi connectivity index (χ2n) is 3.26. The highest BCUT2D eigenvalue weighted by atomic mass is 32.2. The van der Waals surface area contributed by atoms with Crippen molar-refractivity contribution in [2.45, 2.75) is 6.92 Å². The second kappa shape index (κ2) is 3.25. The first-order chi connectivity index (χ1) is 6.61. The number of hydrogen-bond donors (Lipinski definition) is 1. The monoisotopic (exact) mass is 212 g/mol. The van der Waals surface area contributed by atoms with Gasteiger partial charge in [0.2, 0.25) is 0 Å². The molecule has 5 heteroatoms. The van der Waals surface area contributed by atoms with Gasteiger partial charge in [0, 0.05) is 13.1 Å². The fourth-order valence-electron chi connectivity index (χ4n) is 1.57. The average Bonchev–Trinajstić information content (AvgIpc) is 2.46. The van der Waals surface area contributed by atoms with Crippen molar-refractivity contribution in [3.8, 4) is 0 Å². The highest BCUT2D eigenvalue weighted by Gasteiger charge is 2.28. The maximum atomic E-state index is 11.5. The molecule has 0 atom stereocenters. The Hall–Kier alpha value is -1.07. The van der Waals surface area contributed by atoms with Crippen LogP contribution >= 0.6 is 0 Å². The van der Waals surface area contributed by atoms with Gasteiger partial charge in [-0.2, -0.15) is 13.1 Å². The largest absolute Gasteiger partial charge is 0.301 e. The average molecular weight is 212 g/mol. The zero-order chi connectivity index (χ0) is 10.2. The molecular formula is C9H12N2O2S. The highest BCUT2D eigenvalue weighted by molar-refractivity contribution is 7.91. The predicted octanol–water partition coefficient (Wildman–Crippen LogP) is 0.649. The van der Waals surface area contributed by atoms with Gasteiger partial charge in [-0.25, -0.2) is 0 Å². The number of para-hydroxylation sites is 1. The molecule has 4 nitrogen and oxygen atoms in total. The van der Waals surface area contributed by atoms with Gasteiger partial charge in [-0.15, -0.1) is 0 Å². The first kappa shape index (κ1) is 9.48. The summed E-state index contributed by atoms with van der Waals surface area (Å²) >= 11 is 0. The minimum atomic E-state index is -3.28. The molecule has 1 fully saturated rings. The molecule has 14 heavy (non-hydrogen) atoms. The molecule has 0 saturated carbocycles. The van der Waals surface area contributed by atoms with Gasteiger partial charge in [-0.1, -0.05) is 18.2 Å². The summed E-state index contributed by atoms with van der Waals surface area (Å²) in [7, 11) is -3.28. The van der Waals surface area contributed by atoms with Crippen molar-refractivity contribution in [3.05, 3.63) is 29.8 Å². The molecule has 2 rings (SSSR count). The molecule has 0 radical (unpaired) electrons.